The van der Waals surface area contributed by atoms with Crippen LogP contribution in [0.4, 0.5) is 0 Å². The van der Waals surface area contributed by atoms with Gasteiger partial charge < -0.3 is 14.6 Å². The van der Waals surface area contributed by atoms with Crippen molar-refractivity contribution < 1.29 is 19.4 Å². The molecule has 0 aliphatic heterocycles. The molecule has 0 bridgehead atoms. The van der Waals surface area contributed by atoms with E-state index in [2.05, 4.69) is 11.8 Å². The number of carbonyl (C=O) groups excluding carboxylic acids is 1. The average Bonchev–Trinajstić information content (AvgIpc) is 2.86. The normalized spacial score (nSPS) is 10.1. The van der Waals surface area contributed by atoms with E-state index in [0.717, 1.165) is 11.1 Å². The van der Waals surface area contributed by atoms with Crippen LogP contribution in [0.25, 0.3) is 0 Å². The molecule has 4 nitrogen and oxygen atoms in total. The highest BCUT2D eigenvalue weighted by Crippen LogP contribution is 2.34. The molecule has 4 aromatic rings. The summed E-state index contributed by atoms with van der Waals surface area (Å²) in [6.45, 7) is 0.550. The van der Waals surface area contributed by atoms with Gasteiger partial charge in [0.1, 0.15) is 36.0 Å². The van der Waals surface area contributed by atoms with E-state index in [1.807, 2.05) is 91.0 Å². The number of phenolic OH excluding ortho intramolecular Hbond substituents is 1. The SMILES string of the molecule is O=C(C#Cc1ccccc1)c1c(O)cc(OCc2ccccc2)cc1OCc1ccccc1. The third-order valence-electron chi connectivity index (χ3n) is 4.86. The van der Waals surface area contributed by atoms with Crippen LogP contribution < -0.4 is 9.47 Å². The molecule has 0 aliphatic rings. The summed E-state index contributed by atoms with van der Waals surface area (Å²) in [5.74, 6) is 5.28. The second-order valence-corrected chi connectivity index (χ2v) is 7.31. The fourth-order valence-corrected chi connectivity index (χ4v) is 3.19. The zero-order valence-corrected chi connectivity index (χ0v) is 17.9. The molecule has 0 radical (unpaired) electrons. The Morgan fingerprint density at radius 1 is 0.727 bits per heavy atom. The van der Waals surface area contributed by atoms with Gasteiger partial charge in [0.15, 0.2) is 0 Å². The lowest BCUT2D eigenvalue weighted by Crippen LogP contribution is -2.05. The smallest absolute Gasteiger partial charge is 0.243 e. The molecular weight excluding hydrogens is 412 g/mol. The largest absolute Gasteiger partial charge is 0.507 e. The molecule has 0 saturated carbocycles. The Bertz CT molecular complexity index is 1270. The fourth-order valence-electron chi connectivity index (χ4n) is 3.19. The molecule has 4 heteroatoms. The van der Waals surface area contributed by atoms with Crippen LogP contribution in [-0.4, -0.2) is 10.9 Å². The summed E-state index contributed by atoms with van der Waals surface area (Å²) in [4.78, 5) is 12.9. The number of benzene rings is 4. The molecule has 0 unspecified atom stereocenters. The van der Waals surface area contributed by atoms with Gasteiger partial charge in [-0.05, 0) is 29.2 Å². The Morgan fingerprint density at radius 3 is 1.88 bits per heavy atom. The number of phenols is 1. The number of carbonyl (C=O) groups is 1. The number of rotatable bonds is 7. The lowest BCUT2D eigenvalue weighted by molar-refractivity contribution is 0.104. The van der Waals surface area contributed by atoms with Crippen molar-refractivity contribution in [2.75, 3.05) is 0 Å². The Hall–Kier alpha value is -4.49. The monoisotopic (exact) mass is 434 g/mol. The Labute approximate surface area is 193 Å². The Kier molecular flexibility index (Phi) is 7.05. The molecule has 0 atom stereocenters. The van der Waals surface area contributed by atoms with E-state index in [9.17, 15) is 9.90 Å². The third kappa shape index (κ3) is 6.03. The summed E-state index contributed by atoms with van der Waals surface area (Å²) in [6.07, 6.45) is 0. The maximum atomic E-state index is 12.9. The van der Waals surface area contributed by atoms with Crippen molar-refractivity contribution in [3.8, 4) is 29.1 Å². The maximum absolute atomic E-state index is 12.9. The molecule has 0 fully saturated rings. The topological polar surface area (TPSA) is 55.8 Å². The molecule has 0 aromatic heterocycles. The zero-order valence-electron chi connectivity index (χ0n) is 17.9. The van der Waals surface area contributed by atoms with Crippen molar-refractivity contribution in [2.24, 2.45) is 0 Å². The molecule has 0 aliphatic carbocycles. The van der Waals surface area contributed by atoms with Gasteiger partial charge in [-0.25, -0.2) is 0 Å². The second kappa shape index (κ2) is 10.7. The molecular formula is C29H22O4. The van der Waals surface area contributed by atoms with E-state index in [-0.39, 0.29) is 23.7 Å². The van der Waals surface area contributed by atoms with Crippen molar-refractivity contribution in [3.63, 3.8) is 0 Å². The summed E-state index contributed by atoms with van der Waals surface area (Å²) in [6, 6.07) is 31.5. The maximum Gasteiger partial charge on any atom is 0.243 e. The molecule has 4 aromatic carbocycles. The van der Waals surface area contributed by atoms with E-state index in [4.69, 9.17) is 9.47 Å². The van der Waals surface area contributed by atoms with E-state index in [1.54, 1.807) is 6.07 Å². The van der Waals surface area contributed by atoms with Gasteiger partial charge in [0.2, 0.25) is 5.78 Å². The van der Waals surface area contributed by atoms with E-state index in [1.165, 1.54) is 6.07 Å². The average molecular weight is 434 g/mol. The van der Waals surface area contributed by atoms with Crippen molar-refractivity contribution in [1.82, 2.24) is 0 Å². The minimum Gasteiger partial charge on any atom is -0.507 e. The van der Waals surface area contributed by atoms with Crippen LogP contribution in [0.3, 0.4) is 0 Å². The molecule has 0 heterocycles. The van der Waals surface area contributed by atoms with Gasteiger partial charge in [0.05, 0.1) is 0 Å². The predicted molar refractivity (Wildman–Crippen MR) is 127 cm³/mol. The lowest BCUT2D eigenvalue weighted by Gasteiger charge is -2.14. The summed E-state index contributed by atoms with van der Waals surface area (Å²) in [7, 11) is 0. The zero-order chi connectivity index (χ0) is 22.9. The van der Waals surface area contributed by atoms with Crippen LogP contribution >= 0.6 is 0 Å². The van der Waals surface area contributed by atoms with Crippen LogP contribution in [0.5, 0.6) is 17.2 Å². The van der Waals surface area contributed by atoms with Gasteiger partial charge in [-0.2, -0.15) is 0 Å². The first kappa shape index (κ1) is 21.7. The van der Waals surface area contributed by atoms with Gasteiger partial charge in [0, 0.05) is 17.7 Å². The second-order valence-electron chi connectivity index (χ2n) is 7.31. The molecule has 0 saturated heterocycles. The van der Waals surface area contributed by atoms with E-state index >= 15 is 0 Å². The third-order valence-corrected chi connectivity index (χ3v) is 4.86. The van der Waals surface area contributed by atoms with Crippen LogP contribution in [-0.2, 0) is 13.2 Å². The number of hydrogen-bond acceptors (Lipinski definition) is 4. The van der Waals surface area contributed by atoms with Crippen molar-refractivity contribution in [1.29, 1.82) is 0 Å². The van der Waals surface area contributed by atoms with Gasteiger partial charge in [-0.3, -0.25) is 4.79 Å². The molecule has 33 heavy (non-hydrogen) atoms. The number of ether oxygens (including phenoxy) is 2. The molecule has 1 N–H and O–H groups in total. The fraction of sp³-hybridized carbons (Fsp3) is 0.0690. The Morgan fingerprint density at radius 2 is 1.27 bits per heavy atom. The standard InChI is InChI=1S/C29H22O4/c30-26(17-16-22-10-4-1-5-11-22)29-27(31)18-25(32-20-23-12-6-2-7-13-23)19-28(29)33-21-24-14-8-3-9-15-24/h1-15,18-19,31H,20-21H2. The first-order valence-corrected chi connectivity index (χ1v) is 10.5. The van der Waals surface area contributed by atoms with Crippen molar-refractivity contribution >= 4 is 5.78 Å². The summed E-state index contributed by atoms with van der Waals surface area (Å²) >= 11 is 0. The number of ketones is 1. The van der Waals surface area contributed by atoms with Gasteiger partial charge in [-0.15, -0.1) is 0 Å². The van der Waals surface area contributed by atoms with Gasteiger partial charge >= 0.3 is 0 Å². The van der Waals surface area contributed by atoms with Crippen LogP contribution in [0.2, 0.25) is 0 Å². The quantitative estimate of drug-likeness (QED) is 0.296. The minimum absolute atomic E-state index is 0.0152. The molecule has 0 amide bonds. The summed E-state index contributed by atoms with van der Waals surface area (Å²) < 4.78 is 11.8. The van der Waals surface area contributed by atoms with Crippen LogP contribution in [0, 0.1) is 11.8 Å². The van der Waals surface area contributed by atoms with E-state index < -0.39 is 5.78 Å². The predicted octanol–water partition coefficient (Wildman–Crippen LogP) is 5.78. The Balaban J connectivity index is 1.61. The van der Waals surface area contributed by atoms with Gasteiger partial charge in [-0.1, -0.05) is 84.8 Å². The lowest BCUT2D eigenvalue weighted by atomic mass is 10.1. The molecule has 0 spiro atoms. The highest BCUT2D eigenvalue weighted by atomic mass is 16.5. The summed E-state index contributed by atoms with van der Waals surface area (Å²) in [5, 5.41) is 10.7. The number of hydrogen-bond donors (Lipinski definition) is 1. The highest BCUT2D eigenvalue weighted by molar-refractivity contribution is 6.13. The number of Topliss-reactive ketones (excluding diaryl/α,β-unsaturated/α-hetero) is 1. The van der Waals surface area contributed by atoms with Gasteiger partial charge in [0.25, 0.3) is 0 Å². The highest BCUT2D eigenvalue weighted by Gasteiger charge is 2.19. The number of aromatic hydroxyl groups is 1. The first-order chi connectivity index (χ1) is 16.2. The van der Waals surface area contributed by atoms with Crippen LogP contribution in [0.1, 0.15) is 27.0 Å². The van der Waals surface area contributed by atoms with E-state index in [0.29, 0.717) is 17.9 Å². The van der Waals surface area contributed by atoms with Crippen molar-refractivity contribution in [2.45, 2.75) is 13.2 Å². The molecule has 4 rings (SSSR count). The van der Waals surface area contributed by atoms with Crippen molar-refractivity contribution in [3.05, 3.63) is 125 Å². The summed E-state index contributed by atoms with van der Waals surface area (Å²) in [5.41, 5.74) is 2.64. The van der Waals surface area contributed by atoms with Crippen LogP contribution in [0.15, 0.2) is 103 Å². The first-order valence-electron chi connectivity index (χ1n) is 10.5. The molecule has 162 valence electrons. The minimum atomic E-state index is -0.533.